The number of rotatable bonds is 7. The van der Waals surface area contributed by atoms with Gasteiger partial charge in [0.2, 0.25) is 10.0 Å². The van der Waals surface area contributed by atoms with E-state index in [-0.39, 0.29) is 0 Å². The van der Waals surface area contributed by atoms with Gasteiger partial charge in [-0.15, -0.1) is 13.2 Å². The summed E-state index contributed by atoms with van der Waals surface area (Å²) < 4.78 is 75.8. The topological polar surface area (TPSA) is 67.9 Å². The molecule has 1 N–H and O–H groups in total. The van der Waals surface area contributed by atoms with Crippen LogP contribution in [0.5, 0.6) is 5.75 Å². The van der Waals surface area contributed by atoms with Crippen molar-refractivity contribution in [2.75, 3.05) is 32.8 Å². The maximum atomic E-state index is 13.0. The van der Waals surface area contributed by atoms with Gasteiger partial charge in [-0.05, 0) is 17.7 Å². The molecule has 158 valence electrons. The molecule has 1 fully saturated rings. The van der Waals surface area contributed by atoms with Crippen molar-refractivity contribution in [3.63, 3.8) is 0 Å². The van der Waals surface area contributed by atoms with Gasteiger partial charge < -0.3 is 9.47 Å². The third-order valence-corrected chi connectivity index (χ3v) is 5.92. The Morgan fingerprint density at radius 2 is 1.66 bits per heavy atom. The molecule has 0 bridgehead atoms. The monoisotopic (exact) mass is 430 g/mol. The van der Waals surface area contributed by atoms with E-state index in [1.807, 2.05) is 4.90 Å². The van der Waals surface area contributed by atoms with Gasteiger partial charge in [0, 0.05) is 19.6 Å². The van der Waals surface area contributed by atoms with Crippen molar-refractivity contribution in [3.05, 3.63) is 60.2 Å². The quantitative estimate of drug-likeness (QED) is 0.732. The lowest BCUT2D eigenvalue weighted by Crippen LogP contribution is -2.43. The molecule has 1 aliphatic rings. The van der Waals surface area contributed by atoms with Crippen molar-refractivity contribution in [2.24, 2.45) is 0 Å². The summed E-state index contributed by atoms with van der Waals surface area (Å²) in [6.45, 7) is 2.71. The number of sulfonamides is 1. The molecule has 0 aromatic heterocycles. The van der Waals surface area contributed by atoms with Crippen LogP contribution < -0.4 is 9.46 Å². The molecule has 1 unspecified atom stereocenters. The van der Waals surface area contributed by atoms with E-state index in [1.165, 1.54) is 12.1 Å². The first kappa shape index (κ1) is 21.6. The Balaban J connectivity index is 1.88. The number of halogens is 3. The number of hydrogen-bond donors (Lipinski definition) is 1. The standard InChI is InChI=1S/C19H21F3N2O4S/c20-19(21,22)28-17-8-4-5-9-18(17)29(25,26)23-16(15-6-2-1-3-7-15)14-24-10-12-27-13-11-24/h1-9,16,23H,10-14H2. The van der Waals surface area contributed by atoms with Gasteiger partial charge in [-0.3, -0.25) is 4.90 Å². The fourth-order valence-corrected chi connectivity index (χ4v) is 4.41. The third kappa shape index (κ3) is 6.17. The fourth-order valence-electron chi connectivity index (χ4n) is 3.07. The van der Waals surface area contributed by atoms with Crippen LogP contribution in [0.25, 0.3) is 0 Å². The summed E-state index contributed by atoms with van der Waals surface area (Å²) in [5, 5.41) is 0. The molecule has 0 spiro atoms. The highest BCUT2D eigenvalue weighted by Crippen LogP contribution is 2.30. The van der Waals surface area contributed by atoms with Crippen LogP contribution in [0.3, 0.4) is 0 Å². The molecule has 0 amide bonds. The average molecular weight is 430 g/mol. The number of alkyl halides is 3. The van der Waals surface area contributed by atoms with E-state index >= 15 is 0 Å². The lowest BCUT2D eigenvalue weighted by atomic mass is 10.1. The summed E-state index contributed by atoms with van der Waals surface area (Å²) in [7, 11) is -4.29. The Morgan fingerprint density at radius 3 is 2.31 bits per heavy atom. The first-order valence-corrected chi connectivity index (χ1v) is 10.4. The second-order valence-electron chi connectivity index (χ2n) is 6.49. The summed E-state index contributed by atoms with van der Waals surface area (Å²) in [6.07, 6.45) is -5.00. The Bertz CT molecular complexity index is 901. The van der Waals surface area contributed by atoms with Crippen molar-refractivity contribution in [3.8, 4) is 5.75 Å². The normalized spacial score (nSPS) is 17.1. The SMILES string of the molecule is O=S(=O)(NC(CN1CCOCC1)c1ccccc1)c1ccccc1OC(F)(F)F. The van der Waals surface area contributed by atoms with Gasteiger partial charge in [0.25, 0.3) is 0 Å². The van der Waals surface area contributed by atoms with Gasteiger partial charge in [-0.2, -0.15) is 0 Å². The van der Waals surface area contributed by atoms with Crippen molar-refractivity contribution < 1.29 is 31.1 Å². The van der Waals surface area contributed by atoms with Crippen molar-refractivity contribution in [1.29, 1.82) is 0 Å². The molecule has 1 heterocycles. The van der Waals surface area contributed by atoms with Gasteiger partial charge >= 0.3 is 6.36 Å². The number of ether oxygens (including phenoxy) is 2. The van der Waals surface area contributed by atoms with E-state index in [9.17, 15) is 21.6 Å². The first-order valence-electron chi connectivity index (χ1n) is 8.97. The minimum atomic E-state index is -5.00. The highest BCUT2D eigenvalue weighted by atomic mass is 32.2. The van der Waals surface area contributed by atoms with Crippen LogP contribution in [0.1, 0.15) is 11.6 Å². The predicted octanol–water partition coefficient (Wildman–Crippen LogP) is 2.94. The number of benzene rings is 2. The van der Waals surface area contributed by atoms with E-state index in [2.05, 4.69) is 9.46 Å². The molecule has 1 saturated heterocycles. The maximum absolute atomic E-state index is 13.0. The van der Waals surface area contributed by atoms with Crippen LogP contribution in [0.2, 0.25) is 0 Å². The van der Waals surface area contributed by atoms with Crippen molar-refractivity contribution in [1.82, 2.24) is 9.62 Å². The highest BCUT2D eigenvalue weighted by Gasteiger charge is 2.34. The minimum Gasteiger partial charge on any atom is -0.404 e. The Hall–Kier alpha value is -2.14. The summed E-state index contributed by atoms with van der Waals surface area (Å²) in [4.78, 5) is 1.47. The number of hydrogen-bond acceptors (Lipinski definition) is 5. The zero-order chi connectivity index (χ0) is 20.9. The molecule has 3 rings (SSSR count). The van der Waals surface area contributed by atoms with Crippen LogP contribution in [-0.2, 0) is 14.8 Å². The highest BCUT2D eigenvalue weighted by molar-refractivity contribution is 7.89. The Kier molecular flexibility index (Phi) is 6.78. The maximum Gasteiger partial charge on any atom is 0.573 e. The number of para-hydroxylation sites is 1. The Morgan fingerprint density at radius 1 is 1.03 bits per heavy atom. The molecular formula is C19H21F3N2O4S. The van der Waals surface area contributed by atoms with Crippen molar-refractivity contribution >= 4 is 10.0 Å². The average Bonchev–Trinajstić information content (AvgIpc) is 2.68. The van der Waals surface area contributed by atoms with Gasteiger partial charge in [0.05, 0.1) is 19.3 Å². The Labute approximate surface area is 167 Å². The van der Waals surface area contributed by atoms with Crippen LogP contribution in [0.15, 0.2) is 59.5 Å². The molecule has 1 atom stereocenters. The summed E-state index contributed by atoms with van der Waals surface area (Å²) in [6, 6.07) is 12.9. The summed E-state index contributed by atoms with van der Waals surface area (Å²) in [5.41, 5.74) is 0.705. The summed E-state index contributed by atoms with van der Waals surface area (Å²) >= 11 is 0. The number of nitrogens with zero attached hydrogens (tertiary/aromatic N) is 1. The zero-order valence-corrected chi connectivity index (χ0v) is 16.2. The van der Waals surface area contributed by atoms with E-state index < -0.39 is 33.1 Å². The second-order valence-corrected chi connectivity index (χ2v) is 8.17. The second kappa shape index (κ2) is 9.12. The van der Waals surface area contributed by atoms with Gasteiger partial charge in [0.15, 0.2) is 0 Å². The molecule has 6 nitrogen and oxygen atoms in total. The van der Waals surface area contributed by atoms with E-state index in [4.69, 9.17) is 4.74 Å². The van der Waals surface area contributed by atoms with E-state index in [0.717, 1.165) is 12.1 Å². The molecule has 0 saturated carbocycles. The van der Waals surface area contributed by atoms with Gasteiger partial charge in [0.1, 0.15) is 10.6 Å². The van der Waals surface area contributed by atoms with Crippen molar-refractivity contribution in [2.45, 2.75) is 17.3 Å². The molecule has 1 aliphatic heterocycles. The summed E-state index contributed by atoms with van der Waals surface area (Å²) in [5.74, 6) is -0.773. The molecular weight excluding hydrogens is 409 g/mol. The van der Waals surface area contributed by atoms with Crippen LogP contribution in [0, 0.1) is 0 Å². The largest absolute Gasteiger partial charge is 0.573 e. The number of nitrogens with one attached hydrogen (secondary N) is 1. The predicted molar refractivity (Wildman–Crippen MR) is 99.9 cm³/mol. The molecule has 0 radical (unpaired) electrons. The fraction of sp³-hybridized carbons (Fsp3) is 0.368. The third-order valence-electron chi connectivity index (χ3n) is 4.41. The van der Waals surface area contributed by atoms with Gasteiger partial charge in [-0.25, -0.2) is 13.1 Å². The van der Waals surface area contributed by atoms with Crippen LogP contribution >= 0.6 is 0 Å². The lowest BCUT2D eigenvalue weighted by molar-refractivity contribution is -0.275. The number of morpholine rings is 1. The minimum absolute atomic E-state index is 0.356. The van der Waals surface area contributed by atoms with E-state index in [1.54, 1.807) is 30.3 Å². The molecule has 0 aliphatic carbocycles. The molecule has 2 aromatic rings. The lowest BCUT2D eigenvalue weighted by Gasteiger charge is -2.31. The molecule has 10 heteroatoms. The molecule has 2 aromatic carbocycles. The van der Waals surface area contributed by atoms with Gasteiger partial charge in [-0.1, -0.05) is 42.5 Å². The van der Waals surface area contributed by atoms with Crippen LogP contribution in [-0.4, -0.2) is 52.5 Å². The van der Waals surface area contributed by atoms with E-state index in [0.29, 0.717) is 38.4 Å². The zero-order valence-electron chi connectivity index (χ0n) is 15.4. The first-order chi connectivity index (χ1) is 13.7. The van der Waals surface area contributed by atoms with Crippen LogP contribution in [0.4, 0.5) is 13.2 Å². The molecule has 29 heavy (non-hydrogen) atoms. The smallest absolute Gasteiger partial charge is 0.404 e.